The maximum atomic E-state index is 5.76. The molecule has 0 aliphatic carbocycles. The highest BCUT2D eigenvalue weighted by Crippen LogP contribution is 2.39. The Labute approximate surface area is 93.2 Å². The summed E-state index contributed by atoms with van der Waals surface area (Å²) in [5.41, 5.74) is 6.71. The highest BCUT2D eigenvalue weighted by molar-refractivity contribution is 7.23. The van der Waals surface area contributed by atoms with Crippen molar-refractivity contribution in [2.45, 2.75) is 0 Å². The van der Waals surface area contributed by atoms with Gasteiger partial charge in [-0.3, -0.25) is 4.40 Å². The van der Waals surface area contributed by atoms with Gasteiger partial charge >= 0.3 is 0 Å². The smallest absolute Gasteiger partial charge is 0.231 e. The van der Waals surface area contributed by atoms with Gasteiger partial charge in [0, 0.05) is 12.1 Å². The van der Waals surface area contributed by atoms with Gasteiger partial charge in [0.15, 0.2) is 11.5 Å². The van der Waals surface area contributed by atoms with Crippen molar-refractivity contribution >= 4 is 32.5 Å². The maximum absolute atomic E-state index is 5.76. The second kappa shape index (κ2) is 2.56. The van der Waals surface area contributed by atoms with E-state index in [0.29, 0.717) is 5.95 Å². The van der Waals surface area contributed by atoms with E-state index in [9.17, 15) is 0 Å². The van der Waals surface area contributed by atoms with Crippen LogP contribution in [0, 0.1) is 0 Å². The van der Waals surface area contributed by atoms with Crippen LogP contribution in [0.2, 0.25) is 0 Å². The van der Waals surface area contributed by atoms with E-state index in [0.717, 1.165) is 26.7 Å². The monoisotopic (exact) mass is 234 g/mol. The molecule has 2 N–H and O–H groups in total. The molecule has 0 saturated heterocycles. The summed E-state index contributed by atoms with van der Waals surface area (Å²) in [5, 5.41) is 7.81. The topological polar surface area (TPSA) is 74.7 Å². The highest BCUT2D eigenvalue weighted by atomic mass is 32.1. The molecule has 4 rings (SSSR count). The van der Waals surface area contributed by atoms with Crippen molar-refractivity contribution < 1.29 is 9.47 Å². The summed E-state index contributed by atoms with van der Waals surface area (Å²) >= 11 is 1.52. The number of nitrogens with zero attached hydrogens (tertiary/aromatic N) is 3. The zero-order valence-corrected chi connectivity index (χ0v) is 8.82. The first-order valence-electron chi connectivity index (χ1n) is 4.66. The van der Waals surface area contributed by atoms with Gasteiger partial charge in [-0.15, -0.1) is 10.2 Å². The maximum Gasteiger partial charge on any atom is 0.231 e. The third-order valence-electron chi connectivity index (χ3n) is 2.55. The number of nitrogens with two attached hydrogens (primary N) is 1. The van der Waals surface area contributed by atoms with E-state index < -0.39 is 0 Å². The molecular weight excluding hydrogens is 228 g/mol. The second-order valence-corrected chi connectivity index (χ2v) is 4.46. The number of fused-ring (bicyclic) bond motifs is 4. The molecule has 0 unspecified atom stereocenters. The molecule has 6 nitrogen and oxygen atoms in total. The number of nitrogen functional groups attached to an aromatic ring is 1. The van der Waals surface area contributed by atoms with E-state index in [-0.39, 0.29) is 6.79 Å². The van der Waals surface area contributed by atoms with Crippen molar-refractivity contribution in [3.05, 3.63) is 12.1 Å². The van der Waals surface area contributed by atoms with Crippen LogP contribution in [-0.4, -0.2) is 21.4 Å². The lowest BCUT2D eigenvalue weighted by Gasteiger charge is -1.96. The molecule has 3 heterocycles. The van der Waals surface area contributed by atoms with Crippen molar-refractivity contribution in [3.8, 4) is 11.5 Å². The number of aromatic nitrogens is 3. The number of hydrogen-bond acceptors (Lipinski definition) is 6. The zero-order valence-electron chi connectivity index (χ0n) is 8.01. The Bertz CT molecular complexity index is 717. The number of benzene rings is 1. The summed E-state index contributed by atoms with van der Waals surface area (Å²) in [6, 6.07) is 3.84. The van der Waals surface area contributed by atoms with Crippen LogP contribution < -0.4 is 15.2 Å². The molecule has 0 radical (unpaired) electrons. The summed E-state index contributed by atoms with van der Waals surface area (Å²) in [6.07, 6.45) is 0. The Morgan fingerprint density at radius 3 is 2.94 bits per heavy atom. The van der Waals surface area contributed by atoms with Crippen molar-refractivity contribution in [2.75, 3.05) is 12.5 Å². The Hall–Kier alpha value is -2.02. The summed E-state index contributed by atoms with van der Waals surface area (Å²) in [7, 11) is 0. The third kappa shape index (κ3) is 0.860. The lowest BCUT2D eigenvalue weighted by Crippen LogP contribution is -1.93. The average molecular weight is 234 g/mol. The van der Waals surface area contributed by atoms with E-state index in [1.807, 2.05) is 16.5 Å². The Kier molecular flexibility index (Phi) is 1.31. The van der Waals surface area contributed by atoms with Gasteiger partial charge in [-0.25, -0.2) is 0 Å². The zero-order chi connectivity index (χ0) is 10.7. The fourth-order valence-electron chi connectivity index (χ4n) is 1.84. The molecule has 16 heavy (non-hydrogen) atoms. The van der Waals surface area contributed by atoms with E-state index in [4.69, 9.17) is 15.2 Å². The fraction of sp³-hybridized carbons (Fsp3) is 0.111. The molecule has 0 spiro atoms. The van der Waals surface area contributed by atoms with Crippen molar-refractivity contribution in [1.82, 2.24) is 14.6 Å². The Morgan fingerprint density at radius 1 is 1.25 bits per heavy atom. The Balaban J connectivity index is 2.20. The second-order valence-electron chi connectivity index (χ2n) is 3.45. The van der Waals surface area contributed by atoms with Gasteiger partial charge in [-0.1, -0.05) is 11.3 Å². The van der Waals surface area contributed by atoms with Crippen LogP contribution in [-0.2, 0) is 0 Å². The van der Waals surface area contributed by atoms with E-state index in [1.54, 1.807) is 0 Å². The van der Waals surface area contributed by atoms with Gasteiger partial charge in [0.1, 0.15) is 0 Å². The molecule has 0 fully saturated rings. The van der Waals surface area contributed by atoms with Gasteiger partial charge in [0.05, 0.1) is 10.2 Å². The minimum Gasteiger partial charge on any atom is -0.454 e. The predicted octanol–water partition coefficient (Wildman–Crippen LogP) is 1.25. The quantitative estimate of drug-likeness (QED) is 0.633. The molecule has 0 atom stereocenters. The molecule has 1 aliphatic heterocycles. The fourth-order valence-corrected chi connectivity index (χ4v) is 2.82. The summed E-state index contributed by atoms with van der Waals surface area (Å²) in [6.45, 7) is 0.271. The first-order valence-corrected chi connectivity index (χ1v) is 5.47. The lowest BCUT2D eigenvalue weighted by molar-refractivity contribution is 0.174. The van der Waals surface area contributed by atoms with Gasteiger partial charge in [0.25, 0.3) is 0 Å². The van der Waals surface area contributed by atoms with E-state index in [1.165, 1.54) is 11.3 Å². The number of rotatable bonds is 0. The van der Waals surface area contributed by atoms with E-state index in [2.05, 4.69) is 10.2 Å². The van der Waals surface area contributed by atoms with Crippen LogP contribution in [0.5, 0.6) is 11.5 Å². The number of hydrogen-bond donors (Lipinski definition) is 1. The van der Waals surface area contributed by atoms with Gasteiger partial charge < -0.3 is 15.2 Å². The van der Waals surface area contributed by atoms with Crippen LogP contribution in [0.3, 0.4) is 0 Å². The van der Waals surface area contributed by atoms with Crippen molar-refractivity contribution in [1.29, 1.82) is 0 Å². The SMILES string of the molecule is Nc1nnc2sc3cc4c(cc3n12)OCO4. The molecule has 1 aliphatic rings. The third-order valence-corrected chi connectivity index (χ3v) is 3.55. The average Bonchev–Trinajstić information content (AvgIpc) is 2.91. The van der Waals surface area contributed by atoms with Crippen LogP contribution in [0.1, 0.15) is 0 Å². The Morgan fingerprint density at radius 2 is 2.06 bits per heavy atom. The molecule has 2 aromatic heterocycles. The highest BCUT2D eigenvalue weighted by Gasteiger charge is 2.18. The van der Waals surface area contributed by atoms with Crippen LogP contribution in [0.4, 0.5) is 5.95 Å². The molecule has 0 bridgehead atoms. The summed E-state index contributed by atoms with van der Waals surface area (Å²) in [4.78, 5) is 0.774. The predicted molar refractivity (Wildman–Crippen MR) is 58.9 cm³/mol. The molecule has 1 aromatic carbocycles. The van der Waals surface area contributed by atoms with Gasteiger partial charge in [-0.2, -0.15) is 0 Å². The molecule has 80 valence electrons. The molecule has 0 saturated carbocycles. The van der Waals surface area contributed by atoms with Crippen LogP contribution in [0.25, 0.3) is 15.2 Å². The molecule has 3 aromatic rings. The number of thiazole rings is 1. The van der Waals surface area contributed by atoms with Gasteiger partial charge in [-0.05, 0) is 0 Å². The van der Waals surface area contributed by atoms with Crippen LogP contribution >= 0.6 is 11.3 Å². The largest absolute Gasteiger partial charge is 0.454 e. The first kappa shape index (κ1) is 8.17. The number of ether oxygens (including phenoxy) is 2. The van der Waals surface area contributed by atoms with Crippen molar-refractivity contribution in [2.24, 2.45) is 0 Å². The van der Waals surface area contributed by atoms with Gasteiger partial charge in [0.2, 0.25) is 17.7 Å². The standard InChI is InChI=1S/C9H6N4O2S/c10-8-11-12-9-13(8)4-1-5-6(15-3-14-5)2-7(4)16-9/h1-2H,3H2,(H2,10,11). The summed E-state index contributed by atoms with van der Waals surface area (Å²) in [5.74, 6) is 1.89. The summed E-state index contributed by atoms with van der Waals surface area (Å²) < 4.78 is 13.5. The lowest BCUT2D eigenvalue weighted by atomic mass is 10.3. The minimum absolute atomic E-state index is 0.271. The van der Waals surface area contributed by atoms with E-state index >= 15 is 0 Å². The first-order chi connectivity index (χ1) is 7.83. The normalized spacial score (nSPS) is 14.0. The minimum atomic E-state index is 0.271. The molecule has 7 heteroatoms. The molecule has 0 amide bonds. The van der Waals surface area contributed by atoms with Crippen molar-refractivity contribution in [3.63, 3.8) is 0 Å². The van der Waals surface area contributed by atoms with Crippen LogP contribution in [0.15, 0.2) is 12.1 Å². The molecular formula is C9H6N4O2S. The number of anilines is 1.